The minimum absolute atomic E-state index is 0.0279. The average molecular weight is 233 g/mol. The maximum absolute atomic E-state index is 12.6. The molecule has 5 heteroatoms. The molecule has 0 amide bonds. The molecule has 0 aromatic carbocycles. The normalized spacial score (nSPS) is 24.6. The lowest BCUT2D eigenvalue weighted by molar-refractivity contribution is 0.144. The van der Waals surface area contributed by atoms with Gasteiger partial charge in [0.15, 0.2) is 0 Å². The van der Waals surface area contributed by atoms with Crippen LogP contribution in [0.1, 0.15) is 42.8 Å². The van der Waals surface area contributed by atoms with E-state index in [0.717, 1.165) is 6.42 Å². The second kappa shape index (κ2) is 4.00. The fourth-order valence-corrected chi connectivity index (χ4v) is 1.79. The molecule has 1 aromatic heterocycles. The molecule has 0 N–H and O–H groups in total. The molecule has 1 aliphatic carbocycles. The summed E-state index contributed by atoms with van der Waals surface area (Å²) in [6.07, 6.45) is -0.167. The Kier molecular flexibility index (Phi) is 2.87. The first-order valence-corrected chi connectivity index (χ1v) is 5.36. The highest BCUT2D eigenvalue weighted by Crippen LogP contribution is 2.45. The van der Waals surface area contributed by atoms with Gasteiger partial charge in [0.2, 0.25) is 0 Å². The zero-order chi connectivity index (χ0) is 11.0. The van der Waals surface area contributed by atoms with E-state index in [4.69, 9.17) is 11.6 Å². The van der Waals surface area contributed by atoms with Crippen LogP contribution in [-0.4, -0.2) is 9.97 Å². The zero-order valence-corrected chi connectivity index (χ0v) is 9.01. The number of halogens is 3. The maximum Gasteiger partial charge on any atom is 0.280 e. The van der Waals surface area contributed by atoms with E-state index in [9.17, 15) is 8.78 Å². The lowest BCUT2D eigenvalue weighted by Crippen LogP contribution is -2.03. The van der Waals surface area contributed by atoms with Gasteiger partial charge in [-0.2, -0.15) is 0 Å². The highest BCUT2D eigenvalue weighted by molar-refractivity contribution is 6.17. The molecule has 0 bridgehead atoms. The van der Waals surface area contributed by atoms with Crippen LogP contribution < -0.4 is 0 Å². The van der Waals surface area contributed by atoms with Crippen LogP contribution in [0.4, 0.5) is 8.78 Å². The minimum Gasteiger partial charge on any atom is -0.241 e. The summed E-state index contributed by atoms with van der Waals surface area (Å²) >= 11 is 5.54. The third-order valence-corrected chi connectivity index (χ3v) is 3.00. The summed E-state index contributed by atoms with van der Waals surface area (Å²) < 4.78 is 25.3. The summed E-state index contributed by atoms with van der Waals surface area (Å²) in [4.78, 5) is 7.99. The largest absolute Gasteiger partial charge is 0.280 e. The minimum atomic E-state index is -2.57. The van der Waals surface area contributed by atoms with Crippen molar-refractivity contribution in [2.75, 3.05) is 0 Å². The molecule has 0 spiro atoms. The van der Waals surface area contributed by atoms with Crippen molar-refractivity contribution in [3.05, 3.63) is 23.3 Å². The molecule has 2 nitrogen and oxygen atoms in total. The molecular formula is C10H11ClF2N2. The van der Waals surface area contributed by atoms with Gasteiger partial charge >= 0.3 is 0 Å². The molecule has 0 radical (unpaired) electrons. The number of rotatable bonds is 3. The Bertz CT molecular complexity index is 370. The molecule has 82 valence electrons. The van der Waals surface area contributed by atoms with Crippen LogP contribution >= 0.6 is 11.6 Å². The van der Waals surface area contributed by atoms with Crippen LogP contribution in [-0.2, 0) is 5.88 Å². The predicted octanol–water partition coefficient (Wildman–Crippen LogP) is 3.28. The molecule has 15 heavy (non-hydrogen) atoms. The quantitative estimate of drug-likeness (QED) is 0.748. The summed E-state index contributed by atoms with van der Waals surface area (Å²) in [6.45, 7) is 2.06. The standard InChI is InChI=1S/C10H11ClF2N2/c1-5-2-7(5)10-14-4-6(3-11)8(15-10)9(12)13/h4-5,7,9H,2-3H2,1H3. The molecule has 1 aliphatic rings. The van der Waals surface area contributed by atoms with E-state index < -0.39 is 6.43 Å². The topological polar surface area (TPSA) is 25.8 Å². The third kappa shape index (κ3) is 2.09. The van der Waals surface area contributed by atoms with Crippen LogP contribution in [0.3, 0.4) is 0 Å². The summed E-state index contributed by atoms with van der Waals surface area (Å²) in [5.41, 5.74) is 0.109. The van der Waals surface area contributed by atoms with Crippen molar-refractivity contribution >= 4 is 11.6 Å². The SMILES string of the molecule is CC1CC1c1ncc(CCl)c(C(F)F)n1. The molecular weight excluding hydrogens is 222 g/mol. The van der Waals surface area contributed by atoms with Gasteiger partial charge in [-0.25, -0.2) is 18.7 Å². The van der Waals surface area contributed by atoms with Crippen LogP contribution in [0.2, 0.25) is 0 Å². The fourth-order valence-electron chi connectivity index (χ4n) is 1.59. The number of aromatic nitrogens is 2. The van der Waals surface area contributed by atoms with E-state index in [1.165, 1.54) is 6.20 Å². The van der Waals surface area contributed by atoms with Crippen LogP contribution in [0, 0.1) is 5.92 Å². The molecule has 2 rings (SSSR count). The first kappa shape index (κ1) is 10.7. The van der Waals surface area contributed by atoms with Crippen molar-refractivity contribution in [3.63, 3.8) is 0 Å². The molecule has 0 aliphatic heterocycles. The number of hydrogen-bond donors (Lipinski definition) is 0. The van der Waals surface area contributed by atoms with Crippen LogP contribution in [0.5, 0.6) is 0 Å². The lowest BCUT2D eigenvalue weighted by atomic mass is 10.2. The van der Waals surface area contributed by atoms with Crippen LogP contribution in [0.25, 0.3) is 0 Å². The van der Waals surface area contributed by atoms with E-state index >= 15 is 0 Å². The Morgan fingerprint density at radius 1 is 1.60 bits per heavy atom. The summed E-state index contributed by atoms with van der Waals surface area (Å²) in [5.74, 6) is 1.33. The van der Waals surface area contributed by atoms with E-state index in [1.54, 1.807) is 0 Å². The smallest absolute Gasteiger partial charge is 0.241 e. The molecule has 1 saturated carbocycles. The van der Waals surface area contributed by atoms with E-state index in [2.05, 4.69) is 16.9 Å². The van der Waals surface area contributed by atoms with Crippen molar-refractivity contribution in [2.24, 2.45) is 5.92 Å². The molecule has 0 saturated heterocycles. The van der Waals surface area contributed by atoms with E-state index in [0.29, 0.717) is 17.3 Å². The fraction of sp³-hybridized carbons (Fsp3) is 0.600. The Morgan fingerprint density at radius 2 is 2.27 bits per heavy atom. The van der Waals surface area contributed by atoms with Crippen molar-refractivity contribution in [3.8, 4) is 0 Å². The Hall–Kier alpha value is -0.770. The van der Waals surface area contributed by atoms with E-state index in [-0.39, 0.29) is 17.5 Å². The van der Waals surface area contributed by atoms with Gasteiger partial charge in [-0.05, 0) is 12.3 Å². The van der Waals surface area contributed by atoms with E-state index in [1.807, 2.05) is 0 Å². The summed E-state index contributed by atoms with van der Waals surface area (Å²) in [5, 5.41) is 0. The number of nitrogens with zero attached hydrogens (tertiary/aromatic N) is 2. The third-order valence-electron chi connectivity index (χ3n) is 2.71. The van der Waals surface area contributed by atoms with Gasteiger partial charge in [-0.3, -0.25) is 0 Å². The van der Waals surface area contributed by atoms with Crippen LogP contribution in [0.15, 0.2) is 6.20 Å². The van der Waals surface area contributed by atoms with Crippen molar-refractivity contribution in [2.45, 2.75) is 31.6 Å². The molecule has 1 fully saturated rings. The Labute approximate surface area is 91.7 Å². The first-order chi connectivity index (χ1) is 7.13. The van der Waals surface area contributed by atoms with Gasteiger partial charge in [0.05, 0.1) is 5.88 Å². The summed E-state index contributed by atoms with van der Waals surface area (Å²) in [6, 6.07) is 0. The summed E-state index contributed by atoms with van der Waals surface area (Å²) in [7, 11) is 0. The van der Waals surface area contributed by atoms with Crippen molar-refractivity contribution < 1.29 is 8.78 Å². The number of hydrogen-bond acceptors (Lipinski definition) is 2. The zero-order valence-electron chi connectivity index (χ0n) is 8.25. The van der Waals surface area contributed by atoms with Crippen molar-refractivity contribution in [1.29, 1.82) is 0 Å². The van der Waals surface area contributed by atoms with Gasteiger partial charge in [-0.15, -0.1) is 11.6 Å². The highest BCUT2D eigenvalue weighted by Gasteiger charge is 2.37. The number of alkyl halides is 3. The predicted molar refractivity (Wildman–Crippen MR) is 53.1 cm³/mol. The molecule has 1 aromatic rings. The highest BCUT2D eigenvalue weighted by atomic mass is 35.5. The second-order valence-electron chi connectivity index (χ2n) is 3.89. The monoisotopic (exact) mass is 232 g/mol. The molecule has 1 heterocycles. The van der Waals surface area contributed by atoms with Gasteiger partial charge in [0.1, 0.15) is 11.5 Å². The lowest BCUT2D eigenvalue weighted by Gasteiger charge is -2.06. The van der Waals surface area contributed by atoms with Gasteiger partial charge in [0.25, 0.3) is 6.43 Å². The van der Waals surface area contributed by atoms with Gasteiger partial charge in [-0.1, -0.05) is 6.92 Å². The molecule has 2 atom stereocenters. The van der Waals surface area contributed by atoms with Crippen molar-refractivity contribution in [1.82, 2.24) is 9.97 Å². The average Bonchev–Trinajstić information content (AvgIpc) is 2.94. The Balaban J connectivity index is 2.32. The molecule has 2 unspecified atom stereocenters. The second-order valence-corrected chi connectivity index (χ2v) is 4.16. The van der Waals surface area contributed by atoms with Gasteiger partial charge < -0.3 is 0 Å². The Morgan fingerprint density at radius 3 is 2.73 bits per heavy atom. The van der Waals surface area contributed by atoms with Gasteiger partial charge in [0, 0.05) is 17.7 Å². The maximum atomic E-state index is 12.6. The first-order valence-electron chi connectivity index (χ1n) is 4.83.